The third-order valence-electron chi connectivity index (χ3n) is 19.2. The number of nitrogens with zero attached hydrogens (tertiary/aromatic N) is 5. The number of nitrogens with one attached hydrogen (secondary N) is 3. The lowest BCUT2D eigenvalue weighted by atomic mass is 9.81. The second kappa shape index (κ2) is 30.6. The second-order valence-electron chi connectivity index (χ2n) is 25.9. The molecule has 95 heavy (non-hydrogen) atoms. The van der Waals surface area contributed by atoms with E-state index in [4.69, 9.17) is 18.9 Å². The lowest BCUT2D eigenvalue weighted by Gasteiger charge is -2.35. The number of amides is 3. The predicted molar refractivity (Wildman–Crippen MR) is 370 cm³/mol. The van der Waals surface area contributed by atoms with Gasteiger partial charge in [0.25, 0.3) is 17.7 Å². The molecule has 2 aromatic heterocycles. The summed E-state index contributed by atoms with van der Waals surface area (Å²) in [7, 11) is -8.04. The van der Waals surface area contributed by atoms with Gasteiger partial charge in [0.05, 0.1) is 80.9 Å². The Balaban J connectivity index is 0.000000183. The van der Waals surface area contributed by atoms with Crippen LogP contribution >= 0.6 is 0 Å². The number of benzene rings is 4. The van der Waals surface area contributed by atoms with E-state index in [0.717, 1.165) is 120 Å². The zero-order valence-electron chi connectivity index (χ0n) is 53.6. The average molecular weight is 1340 g/mol. The van der Waals surface area contributed by atoms with Crippen molar-refractivity contribution in [2.75, 3.05) is 78.8 Å². The number of carboxylic acids is 1. The normalized spacial score (nSPS) is 22.1. The van der Waals surface area contributed by atoms with Gasteiger partial charge in [0.2, 0.25) is 0 Å². The number of carboxylic acid groups (broad SMARTS) is 1. The Hall–Kier alpha value is -7.06. The Labute approximate surface area is 559 Å². The second-order valence-corrected chi connectivity index (χ2v) is 29.3. The van der Waals surface area contributed by atoms with Gasteiger partial charge in [-0.3, -0.25) is 14.4 Å². The van der Waals surface area contributed by atoms with Gasteiger partial charge in [-0.15, -0.1) is 0 Å². The highest BCUT2D eigenvalue weighted by atomic mass is 32.2. The van der Waals surface area contributed by atoms with E-state index in [1.807, 2.05) is 77.9 Å². The van der Waals surface area contributed by atoms with Crippen molar-refractivity contribution in [3.63, 3.8) is 0 Å². The summed E-state index contributed by atoms with van der Waals surface area (Å²) in [4.78, 5) is 55.0. The first-order valence-electron chi connectivity index (χ1n) is 33.1. The maximum absolute atomic E-state index is 14.2. The lowest BCUT2D eigenvalue weighted by molar-refractivity contribution is -0.139. The molecule has 0 radical (unpaired) electrons. The predicted octanol–water partition coefficient (Wildman–Crippen LogP) is 10.5. The van der Waals surface area contributed by atoms with Crippen LogP contribution in [0.15, 0.2) is 96.1 Å². The number of morpholine rings is 4. The fourth-order valence-electron chi connectivity index (χ4n) is 14.9. The molecule has 3 amide bonds. The van der Waals surface area contributed by atoms with Crippen molar-refractivity contribution >= 4 is 78.1 Å². The molecule has 6 fully saturated rings. The molecule has 0 spiro atoms. The largest absolute Gasteiger partial charge is 0.478 e. The fourth-order valence-corrected chi connectivity index (χ4v) is 17.1. The van der Waals surface area contributed by atoms with Crippen LogP contribution < -0.4 is 14.8 Å². The molecule has 8 heterocycles. The van der Waals surface area contributed by atoms with Crippen LogP contribution in [0.1, 0.15) is 162 Å². The van der Waals surface area contributed by atoms with Crippen molar-refractivity contribution in [2.45, 2.75) is 156 Å². The number of aromatic nitrogens is 2. The topological polar surface area (TPSA) is 249 Å². The van der Waals surface area contributed by atoms with Gasteiger partial charge >= 0.3 is 26.4 Å². The summed E-state index contributed by atoms with van der Waals surface area (Å²) in [5.41, 5.74) is 11.3. The van der Waals surface area contributed by atoms with E-state index in [2.05, 4.69) is 45.3 Å². The smallest absolute Gasteiger partial charge is 0.333 e. The van der Waals surface area contributed by atoms with E-state index in [9.17, 15) is 41.1 Å². The molecule has 2 saturated carbocycles. The van der Waals surface area contributed by atoms with Crippen LogP contribution in [0.5, 0.6) is 0 Å². The Bertz CT molecular complexity index is 4080. The van der Waals surface area contributed by atoms with Crippen LogP contribution in [0.25, 0.3) is 56.5 Å². The molecule has 8 aliphatic rings. The molecular weight excluding hydrogens is 1250 g/mol. The zero-order valence-corrected chi connectivity index (χ0v) is 55.2. The number of carbonyl (C=O) groups is 4. The Morgan fingerprint density at radius 2 is 0.926 bits per heavy atom. The molecule has 21 nitrogen and oxygen atoms in total. The molecule has 23 heteroatoms. The number of rotatable bonds is 10. The summed E-state index contributed by atoms with van der Waals surface area (Å²) in [5.74, 6) is -1.75. The molecule has 4 atom stereocenters. The Kier molecular flexibility index (Phi) is 22.8. The maximum atomic E-state index is 14.2. The van der Waals surface area contributed by atoms with Crippen LogP contribution in [0.3, 0.4) is 0 Å². The van der Waals surface area contributed by atoms with E-state index in [1.54, 1.807) is 30.3 Å². The van der Waals surface area contributed by atoms with Crippen LogP contribution in [-0.4, -0.2) is 171 Å². The van der Waals surface area contributed by atoms with Crippen LogP contribution in [0.4, 0.5) is 0 Å². The molecule has 4 N–H and O–H groups in total. The Morgan fingerprint density at radius 3 is 1.34 bits per heavy atom. The number of fused-ring (bicyclic) bond motifs is 10. The van der Waals surface area contributed by atoms with Crippen molar-refractivity contribution in [1.82, 2.24) is 37.4 Å². The molecule has 6 aromatic rings. The van der Waals surface area contributed by atoms with Crippen molar-refractivity contribution in [2.24, 2.45) is 0 Å². The number of hydrogen-bond donors (Lipinski definition) is 4. The van der Waals surface area contributed by atoms with Gasteiger partial charge in [-0.05, 0) is 124 Å². The summed E-state index contributed by atoms with van der Waals surface area (Å²) >= 11 is 0. The summed E-state index contributed by atoms with van der Waals surface area (Å²) in [6.07, 6.45) is 15.7. The minimum absolute atomic E-state index is 0. The van der Waals surface area contributed by atoms with Crippen LogP contribution in [-0.2, 0) is 62.0 Å². The number of aliphatic carboxylic acids is 1. The lowest BCUT2D eigenvalue weighted by Crippen LogP contribution is -2.48. The average Bonchev–Trinajstić information content (AvgIpc) is 1.58. The number of carbonyl (C=O) groups excluding carboxylic acids is 3. The zero-order chi connectivity index (χ0) is 65.1. The van der Waals surface area contributed by atoms with Gasteiger partial charge in [-0.25, -0.2) is 14.2 Å². The first-order valence-corrected chi connectivity index (χ1v) is 36.0. The summed E-state index contributed by atoms with van der Waals surface area (Å²) in [6, 6.07) is 26.8. The molecule has 4 aromatic carbocycles. The molecular formula is C72H94N8O13S2. The summed E-state index contributed by atoms with van der Waals surface area (Å²) in [5, 5.41) is 15.3. The minimum Gasteiger partial charge on any atom is -0.478 e. The first-order chi connectivity index (χ1) is 44.8. The summed E-state index contributed by atoms with van der Waals surface area (Å²) < 4.78 is 84.7. The fraction of sp³-hybridized carbons (Fsp3) is 0.500. The monoisotopic (exact) mass is 1340 g/mol. The molecule has 0 bridgehead atoms. The van der Waals surface area contributed by atoms with Crippen molar-refractivity contribution in [3.05, 3.63) is 129 Å². The van der Waals surface area contributed by atoms with E-state index in [0.29, 0.717) is 62.5 Å². The number of hydrogen-bond acceptors (Lipinski definition) is 13. The molecule has 0 unspecified atom stereocenters. The van der Waals surface area contributed by atoms with E-state index in [-0.39, 0.29) is 95.6 Å². The van der Waals surface area contributed by atoms with Gasteiger partial charge in [-0.2, -0.15) is 25.4 Å². The highest BCUT2D eigenvalue weighted by molar-refractivity contribution is 7.88. The van der Waals surface area contributed by atoms with Gasteiger partial charge in [-0.1, -0.05) is 114 Å². The number of ether oxygens (including phenoxy) is 4. The van der Waals surface area contributed by atoms with E-state index in [1.165, 1.54) is 32.6 Å². The van der Waals surface area contributed by atoms with Crippen molar-refractivity contribution in [1.29, 1.82) is 0 Å². The third-order valence-corrected chi connectivity index (χ3v) is 22.1. The Morgan fingerprint density at radius 1 is 0.526 bits per heavy atom. The van der Waals surface area contributed by atoms with Gasteiger partial charge in [0, 0.05) is 102 Å². The van der Waals surface area contributed by atoms with Gasteiger partial charge in [0.1, 0.15) is 0 Å². The van der Waals surface area contributed by atoms with E-state index >= 15 is 0 Å². The molecule has 4 saturated heterocycles. The highest BCUT2D eigenvalue weighted by Gasteiger charge is 2.36. The standard InChI is InChI=1S/C35H42N4O6S.C29H31N3O6S.C6H13NO.2CH4/c1-23-20-37(21-24(2)45-23)35(41)28-18-26-10-6-7-11-29(26)33-32(25-8-4-3-5-9-25)30-13-12-27(19-31(30)39(33)22-28)34(40)36-46(42,43)38-14-16-44-17-15-38;33-28(30-39(36,37)31-12-14-38-15-13-31)21-10-11-24-25(17-21)32-18-22(29(34)35)16-20-8-4-5-9-23(20)27(32)26(24)19-6-2-1-3-7-19;1-5-3-7-4-6(2)8-5;;/h6-7,10-13,18-19,23-25H,3-5,8-9,14-17,20-22H2,1-2H3,(H,36,40);4-5,8-11,16-17,19H,1-3,6-7,12-15,18H2,(H,30,33)(H,34,35);5-7H,3-4H2,1-2H3;2*1H4/t23-,24+;;5-,6+;;. The first kappa shape index (κ1) is 70.7. The van der Waals surface area contributed by atoms with Gasteiger partial charge in [0.15, 0.2) is 0 Å². The van der Waals surface area contributed by atoms with Gasteiger partial charge < -0.3 is 43.4 Å². The SMILES string of the molecule is C.C.C[C@@H]1CN(C(=O)C2=Cc3ccccc3-c3c(C4CCCCC4)c4ccc(C(=O)NS(=O)(=O)N5CCOCC5)cc4n3C2)C[C@H](C)O1.C[C@@H]1CNC[C@H](C)O1.O=C(O)C1=Cc2ccccc2-c2c(C3CCCCC3)c3ccc(C(=O)NS(=O)(=O)N4CCOCC4)cc3n2C1. The quantitative estimate of drug-likeness (QED) is 0.0996. The molecule has 512 valence electrons. The molecule has 14 rings (SSSR count). The van der Waals surface area contributed by atoms with Crippen molar-refractivity contribution < 1.29 is 60.1 Å². The maximum Gasteiger partial charge on any atom is 0.333 e. The summed E-state index contributed by atoms with van der Waals surface area (Å²) in [6.45, 7) is 13.6. The van der Waals surface area contributed by atoms with Crippen LogP contribution in [0, 0.1) is 0 Å². The molecule has 6 aliphatic heterocycles. The van der Waals surface area contributed by atoms with Crippen LogP contribution in [0.2, 0.25) is 0 Å². The minimum atomic E-state index is -4.02. The third kappa shape index (κ3) is 15.5. The van der Waals surface area contributed by atoms with Crippen molar-refractivity contribution in [3.8, 4) is 22.5 Å². The molecule has 2 aliphatic carbocycles. The highest BCUT2D eigenvalue weighted by Crippen LogP contribution is 2.49. The van der Waals surface area contributed by atoms with E-state index < -0.39 is 38.2 Å².